The Hall–Kier alpha value is -1.17. The second-order valence-corrected chi connectivity index (χ2v) is 2.65. The van der Waals surface area contributed by atoms with Crippen LogP contribution in [-0.2, 0) is 9.53 Å². The predicted octanol–water partition coefficient (Wildman–Crippen LogP) is 0.675. The van der Waals surface area contributed by atoms with Crippen LogP contribution in [0.3, 0.4) is 0 Å². The number of aromatic nitrogens is 3. The molecule has 66 valence electrons. The van der Waals surface area contributed by atoms with Crippen molar-refractivity contribution in [3.8, 4) is 0 Å². The molecular formula is C6H9N3O2S. The number of methoxy groups -OCH3 is 1. The lowest BCUT2D eigenvalue weighted by Crippen LogP contribution is -2.17. The number of hydrogen-bond acceptors (Lipinski definition) is 4. The van der Waals surface area contributed by atoms with Gasteiger partial charge in [0.25, 0.3) is 0 Å². The molecule has 0 aromatic carbocycles. The topological polar surface area (TPSA) is 59.9 Å². The summed E-state index contributed by atoms with van der Waals surface area (Å²) in [4.78, 5) is 11.0. The molecule has 0 saturated carbocycles. The zero-order chi connectivity index (χ0) is 9.14. The van der Waals surface area contributed by atoms with Crippen LogP contribution in [-0.4, -0.2) is 27.8 Å². The van der Waals surface area contributed by atoms with E-state index in [9.17, 15) is 4.79 Å². The number of aromatic amines is 1. The van der Waals surface area contributed by atoms with Gasteiger partial charge in [-0.15, -0.1) is 0 Å². The number of carbonyl (C=O) groups excluding carboxylic acids is 1. The molecule has 0 saturated heterocycles. The van der Waals surface area contributed by atoms with Gasteiger partial charge in [-0.05, 0) is 19.1 Å². The third kappa shape index (κ3) is 1.53. The van der Waals surface area contributed by atoms with E-state index >= 15 is 0 Å². The molecule has 0 aliphatic carbocycles. The van der Waals surface area contributed by atoms with E-state index in [1.165, 1.54) is 18.0 Å². The van der Waals surface area contributed by atoms with Gasteiger partial charge in [0, 0.05) is 0 Å². The molecule has 1 heterocycles. The van der Waals surface area contributed by atoms with Crippen molar-refractivity contribution in [2.75, 3.05) is 7.11 Å². The standard InChI is InChI=1S/C6H9N3O2S/c1-4(5(10)11-2)9-3-7-8-6(9)12/h3-4H,1-2H3,(H,8,12). The van der Waals surface area contributed by atoms with Crippen molar-refractivity contribution >= 4 is 18.2 Å². The molecule has 1 N–H and O–H groups in total. The van der Waals surface area contributed by atoms with Gasteiger partial charge in [-0.2, -0.15) is 5.10 Å². The summed E-state index contributed by atoms with van der Waals surface area (Å²) >= 11 is 4.87. The highest BCUT2D eigenvalue weighted by Crippen LogP contribution is 2.05. The fourth-order valence-electron chi connectivity index (χ4n) is 0.816. The molecule has 1 atom stereocenters. The quantitative estimate of drug-likeness (QED) is 0.546. The molecule has 1 aromatic heterocycles. The fraction of sp³-hybridized carbons (Fsp3) is 0.500. The number of hydrogen-bond donors (Lipinski definition) is 1. The van der Waals surface area contributed by atoms with E-state index in [1.807, 2.05) is 0 Å². The zero-order valence-electron chi connectivity index (χ0n) is 6.77. The molecule has 1 aromatic rings. The molecule has 0 aliphatic heterocycles. The van der Waals surface area contributed by atoms with Crippen LogP contribution in [0.2, 0.25) is 0 Å². The van der Waals surface area contributed by atoms with Crippen LogP contribution in [0, 0.1) is 4.77 Å². The average Bonchev–Trinajstić information content (AvgIpc) is 2.48. The van der Waals surface area contributed by atoms with Crippen LogP contribution < -0.4 is 0 Å². The molecule has 0 spiro atoms. The molecule has 5 nitrogen and oxygen atoms in total. The summed E-state index contributed by atoms with van der Waals surface area (Å²) in [7, 11) is 1.34. The van der Waals surface area contributed by atoms with E-state index in [1.54, 1.807) is 6.92 Å². The number of nitrogens with zero attached hydrogens (tertiary/aromatic N) is 2. The van der Waals surface area contributed by atoms with E-state index < -0.39 is 6.04 Å². The number of carbonyl (C=O) groups is 1. The first-order valence-corrected chi connectivity index (χ1v) is 3.77. The second-order valence-electron chi connectivity index (χ2n) is 2.27. The van der Waals surface area contributed by atoms with Crippen LogP contribution in [0.15, 0.2) is 6.33 Å². The maximum absolute atomic E-state index is 11.0. The molecule has 0 aliphatic rings. The minimum absolute atomic E-state index is 0.340. The minimum Gasteiger partial charge on any atom is -0.467 e. The Labute approximate surface area is 74.4 Å². The van der Waals surface area contributed by atoms with Crippen LogP contribution in [0.1, 0.15) is 13.0 Å². The van der Waals surface area contributed by atoms with Crippen molar-refractivity contribution in [1.82, 2.24) is 14.8 Å². The van der Waals surface area contributed by atoms with Crippen molar-refractivity contribution in [2.24, 2.45) is 0 Å². The first kappa shape index (κ1) is 8.92. The average molecular weight is 187 g/mol. The molecule has 0 fully saturated rings. The first-order valence-electron chi connectivity index (χ1n) is 3.36. The molecule has 12 heavy (non-hydrogen) atoms. The van der Waals surface area contributed by atoms with Crippen LogP contribution in [0.4, 0.5) is 0 Å². The third-order valence-electron chi connectivity index (χ3n) is 1.54. The highest BCUT2D eigenvalue weighted by molar-refractivity contribution is 7.71. The maximum Gasteiger partial charge on any atom is 0.328 e. The van der Waals surface area contributed by atoms with E-state index in [2.05, 4.69) is 14.9 Å². The summed E-state index contributed by atoms with van der Waals surface area (Å²) in [5.74, 6) is -0.340. The van der Waals surface area contributed by atoms with Crippen LogP contribution in [0.5, 0.6) is 0 Å². The summed E-state index contributed by atoms with van der Waals surface area (Å²) in [6.45, 7) is 1.69. The van der Waals surface area contributed by atoms with Gasteiger partial charge in [0.1, 0.15) is 12.4 Å². The lowest BCUT2D eigenvalue weighted by atomic mass is 10.3. The van der Waals surface area contributed by atoms with E-state index in [0.29, 0.717) is 4.77 Å². The van der Waals surface area contributed by atoms with Gasteiger partial charge in [0.05, 0.1) is 7.11 Å². The first-order chi connectivity index (χ1) is 5.66. The van der Waals surface area contributed by atoms with Crippen molar-refractivity contribution < 1.29 is 9.53 Å². The minimum atomic E-state index is -0.429. The Morgan fingerprint density at radius 1 is 1.92 bits per heavy atom. The van der Waals surface area contributed by atoms with Gasteiger partial charge in [0.15, 0.2) is 4.77 Å². The van der Waals surface area contributed by atoms with Crippen LogP contribution in [0.25, 0.3) is 0 Å². The summed E-state index contributed by atoms with van der Waals surface area (Å²) in [5.41, 5.74) is 0. The normalized spacial score (nSPS) is 12.5. The molecule has 1 rings (SSSR count). The highest BCUT2D eigenvalue weighted by Gasteiger charge is 2.15. The molecular weight excluding hydrogens is 178 g/mol. The number of nitrogens with one attached hydrogen (secondary N) is 1. The van der Waals surface area contributed by atoms with Gasteiger partial charge >= 0.3 is 5.97 Å². The van der Waals surface area contributed by atoms with Gasteiger partial charge in [-0.1, -0.05) is 0 Å². The number of rotatable bonds is 2. The number of esters is 1. The van der Waals surface area contributed by atoms with Gasteiger partial charge < -0.3 is 4.74 Å². The van der Waals surface area contributed by atoms with E-state index in [4.69, 9.17) is 12.2 Å². The zero-order valence-corrected chi connectivity index (χ0v) is 7.59. The van der Waals surface area contributed by atoms with Gasteiger partial charge in [-0.25, -0.2) is 4.79 Å². The Bertz CT molecular complexity index is 330. The number of H-pyrrole nitrogens is 1. The smallest absolute Gasteiger partial charge is 0.328 e. The summed E-state index contributed by atoms with van der Waals surface area (Å²) < 4.78 is 6.48. The third-order valence-corrected chi connectivity index (χ3v) is 1.84. The Morgan fingerprint density at radius 2 is 2.58 bits per heavy atom. The summed E-state index contributed by atoms with van der Waals surface area (Å²) in [5, 5.41) is 6.23. The van der Waals surface area contributed by atoms with E-state index in [0.717, 1.165) is 0 Å². The van der Waals surface area contributed by atoms with E-state index in [-0.39, 0.29) is 5.97 Å². The predicted molar refractivity (Wildman–Crippen MR) is 44.1 cm³/mol. The van der Waals surface area contributed by atoms with Gasteiger partial charge in [0.2, 0.25) is 0 Å². The summed E-state index contributed by atoms with van der Waals surface area (Å²) in [6.07, 6.45) is 1.46. The highest BCUT2D eigenvalue weighted by atomic mass is 32.1. The van der Waals surface area contributed by atoms with Crippen molar-refractivity contribution in [3.05, 3.63) is 11.1 Å². The van der Waals surface area contributed by atoms with Crippen molar-refractivity contribution in [2.45, 2.75) is 13.0 Å². The lowest BCUT2D eigenvalue weighted by molar-refractivity contribution is -0.144. The summed E-state index contributed by atoms with van der Waals surface area (Å²) in [6, 6.07) is -0.429. The SMILES string of the molecule is COC(=O)C(C)n1cn[nH]c1=S. The number of ether oxygens (including phenoxy) is 1. The molecule has 0 bridgehead atoms. The Kier molecular flexibility index (Phi) is 2.59. The largest absolute Gasteiger partial charge is 0.467 e. The molecule has 1 unspecified atom stereocenters. The lowest BCUT2D eigenvalue weighted by Gasteiger charge is -2.08. The Morgan fingerprint density at radius 3 is 3.00 bits per heavy atom. The Balaban J connectivity index is 2.92. The van der Waals surface area contributed by atoms with Crippen LogP contribution >= 0.6 is 12.2 Å². The molecule has 6 heteroatoms. The second kappa shape index (κ2) is 3.48. The fourth-order valence-corrected chi connectivity index (χ4v) is 1.07. The monoisotopic (exact) mass is 187 g/mol. The molecule has 0 radical (unpaired) electrons. The van der Waals surface area contributed by atoms with Crippen molar-refractivity contribution in [3.63, 3.8) is 0 Å². The van der Waals surface area contributed by atoms with Crippen molar-refractivity contribution in [1.29, 1.82) is 0 Å². The van der Waals surface area contributed by atoms with Gasteiger partial charge in [-0.3, -0.25) is 9.67 Å². The maximum atomic E-state index is 11.0. The molecule has 0 amide bonds.